The second-order valence-electron chi connectivity index (χ2n) is 4.23. The molecule has 1 atom stereocenters. The topological polar surface area (TPSA) is 44.1 Å². The Morgan fingerprint density at radius 1 is 1.47 bits per heavy atom. The molecule has 96 valence electrons. The molecule has 0 aliphatic carbocycles. The predicted molar refractivity (Wildman–Crippen MR) is 54.8 cm³/mol. The molecule has 1 amide bonds. The van der Waals surface area contributed by atoms with E-state index in [1.807, 2.05) is 6.07 Å². The highest BCUT2D eigenvalue weighted by Gasteiger charge is 2.42. The van der Waals surface area contributed by atoms with Gasteiger partial charge in [-0.2, -0.15) is 18.4 Å². The first-order valence-electron chi connectivity index (χ1n) is 5.65. The van der Waals surface area contributed by atoms with E-state index in [2.05, 4.69) is 0 Å². The summed E-state index contributed by atoms with van der Waals surface area (Å²) in [5.41, 5.74) is 0. The molecular formula is C11H15F3N2O. The van der Waals surface area contributed by atoms with Gasteiger partial charge in [-0.3, -0.25) is 4.79 Å². The van der Waals surface area contributed by atoms with Gasteiger partial charge < -0.3 is 4.90 Å². The van der Waals surface area contributed by atoms with Gasteiger partial charge in [0.15, 0.2) is 0 Å². The highest BCUT2D eigenvalue weighted by molar-refractivity contribution is 5.81. The second kappa shape index (κ2) is 5.39. The number of carbonyl (C=O) groups excluding carboxylic acids is 1. The van der Waals surface area contributed by atoms with E-state index in [-0.39, 0.29) is 31.8 Å². The van der Waals surface area contributed by atoms with Crippen LogP contribution in [0.5, 0.6) is 0 Å². The van der Waals surface area contributed by atoms with Gasteiger partial charge in [-0.05, 0) is 19.3 Å². The summed E-state index contributed by atoms with van der Waals surface area (Å²) in [6.45, 7) is 1.91. The third-order valence-electron chi connectivity index (χ3n) is 3.13. The minimum absolute atomic E-state index is 0.0584. The summed E-state index contributed by atoms with van der Waals surface area (Å²) in [4.78, 5) is 13.1. The number of likely N-dealkylation sites (tertiary alicyclic amines) is 1. The Bertz CT molecular complexity index is 314. The van der Waals surface area contributed by atoms with Crippen molar-refractivity contribution >= 4 is 5.91 Å². The van der Waals surface area contributed by atoms with E-state index in [0.29, 0.717) is 6.42 Å². The quantitative estimate of drug-likeness (QED) is 0.752. The molecule has 1 aliphatic heterocycles. The fourth-order valence-electron chi connectivity index (χ4n) is 1.97. The fourth-order valence-corrected chi connectivity index (χ4v) is 1.97. The first-order valence-corrected chi connectivity index (χ1v) is 5.65. The van der Waals surface area contributed by atoms with Gasteiger partial charge in [-0.15, -0.1) is 0 Å². The molecule has 1 saturated heterocycles. The van der Waals surface area contributed by atoms with Crippen molar-refractivity contribution in [3.05, 3.63) is 0 Å². The molecule has 1 rings (SSSR count). The van der Waals surface area contributed by atoms with Crippen LogP contribution in [0.1, 0.15) is 26.2 Å². The Kier molecular flexibility index (Phi) is 4.38. The number of hydrogen-bond donors (Lipinski definition) is 0. The molecule has 1 heterocycles. The zero-order valence-corrected chi connectivity index (χ0v) is 9.63. The summed E-state index contributed by atoms with van der Waals surface area (Å²) in [7, 11) is 0. The molecule has 0 aromatic heterocycles. The van der Waals surface area contributed by atoms with Crippen molar-refractivity contribution in [3.8, 4) is 6.07 Å². The average Bonchev–Trinajstić information content (AvgIpc) is 2.29. The Balaban J connectivity index is 2.53. The molecular weight excluding hydrogens is 233 g/mol. The van der Waals surface area contributed by atoms with Gasteiger partial charge in [0.05, 0.1) is 12.0 Å². The lowest BCUT2D eigenvalue weighted by Gasteiger charge is -2.33. The van der Waals surface area contributed by atoms with Crippen LogP contribution < -0.4 is 0 Å². The maximum atomic E-state index is 12.4. The van der Waals surface area contributed by atoms with Crippen LogP contribution in [-0.2, 0) is 4.79 Å². The molecule has 0 spiro atoms. The van der Waals surface area contributed by atoms with Crippen molar-refractivity contribution in [3.63, 3.8) is 0 Å². The number of nitrogens with zero attached hydrogens (tertiary/aromatic N) is 2. The van der Waals surface area contributed by atoms with Gasteiger partial charge in [0.25, 0.3) is 0 Å². The standard InChI is InChI=1S/C11H15F3N2O/c1-2-8(7-15)10(17)16-5-3-9(4-6-16)11(12,13)14/h8-9H,2-6H2,1H3. The van der Waals surface area contributed by atoms with Crippen LogP contribution in [0, 0.1) is 23.2 Å². The molecule has 1 unspecified atom stereocenters. The highest BCUT2D eigenvalue weighted by atomic mass is 19.4. The summed E-state index contributed by atoms with van der Waals surface area (Å²) in [6.07, 6.45) is -3.89. The van der Waals surface area contributed by atoms with Gasteiger partial charge in [-0.1, -0.05) is 6.92 Å². The zero-order chi connectivity index (χ0) is 13.1. The number of piperidine rings is 1. The molecule has 0 bridgehead atoms. The number of nitriles is 1. The van der Waals surface area contributed by atoms with Crippen molar-refractivity contribution in [2.24, 2.45) is 11.8 Å². The number of hydrogen-bond acceptors (Lipinski definition) is 2. The fraction of sp³-hybridized carbons (Fsp3) is 0.818. The predicted octanol–water partition coefficient (Wildman–Crippen LogP) is 2.34. The maximum Gasteiger partial charge on any atom is 0.391 e. The van der Waals surface area contributed by atoms with Crippen LogP contribution >= 0.6 is 0 Å². The van der Waals surface area contributed by atoms with E-state index in [1.54, 1.807) is 6.92 Å². The lowest BCUT2D eigenvalue weighted by Crippen LogP contribution is -2.44. The average molecular weight is 248 g/mol. The number of halogens is 3. The Morgan fingerprint density at radius 2 is 2.00 bits per heavy atom. The van der Waals surface area contributed by atoms with Gasteiger partial charge in [0.2, 0.25) is 5.91 Å². The lowest BCUT2D eigenvalue weighted by atomic mass is 9.95. The van der Waals surface area contributed by atoms with Crippen molar-refractivity contribution in [2.75, 3.05) is 13.1 Å². The molecule has 17 heavy (non-hydrogen) atoms. The molecule has 0 aromatic carbocycles. The SMILES string of the molecule is CCC(C#N)C(=O)N1CCC(C(F)(F)F)CC1. The van der Waals surface area contributed by atoms with E-state index in [1.165, 1.54) is 4.90 Å². The first-order chi connectivity index (χ1) is 7.90. The highest BCUT2D eigenvalue weighted by Crippen LogP contribution is 2.34. The van der Waals surface area contributed by atoms with Gasteiger partial charge in [0, 0.05) is 13.1 Å². The first kappa shape index (κ1) is 13.8. The Hall–Kier alpha value is -1.25. The van der Waals surface area contributed by atoms with E-state index in [9.17, 15) is 18.0 Å². The summed E-state index contributed by atoms with van der Waals surface area (Å²) >= 11 is 0. The molecule has 0 saturated carbocycles. The van der Waals surface area contributed by atoms with E-state index in [0.717, 1.165) is 0 Å². The molecule has 6 heteroatoms. The lowest BCUT2D eigenvalue weighted by molar-refractivity contribution is -0.186. The van der Waals surface area contributed by atoms with Crippen molar-refractivity contribution in [1.82, 2.24) is 4.90 Å². The number of carbonyl (C=O) groups is 1. The number of amides is 1. The minimum Gasteiger partial charge on any atom is -0.342 e. The van der Waals surface area contributed by atoms with E-state index < -0.39 is 18.0 Å². The van der Waals surface area contributed by atoms with E-state index >= 15 is 0 Å². The smallest absolute Gasteiger partial charge is 0.342 e. The molecule has 0 aromatic rings. The van der Waals surface area contributed by atoms with Gasteiger partial charge in [0.1, 0.15) is 5.92 Å². The van der Waals surface area contributed by atoms with Crippen LogP contribution in [0.2, 0.25) is 0 Å². The van der Waals surface area contributed by atoms with Gasteiger partial charge in [-0.25, -0.2) is 0 Å². The number of rotatable bonds is 2. The Labute approximate surface area is 98.2 Å². The summed E-state index contributed by atoms with van der Waals surface area (Å²) in [5, 5.41) is 8.73. The summed E-state index contributed by atoms with van der Waals surface area (Å²) < 4.78 is 37.2. The van der Waals surface area contributed by atoms with Crippen LogP contribution in [-0.4, -0.2) is 30.1 Å². The monoisotopic (exact) mass is 248 g/mol. The normalized spacial score (nSPS) is 19.8. The summed E-state index contributed by atoms with van der Waals surface area (Å²) in [5.74, 6) is -2.37. The van der Waals surface area contributed by atoms with E-state index in [4.69, 9.17) is 5.26 Å². The molecule has 3 nitrogen and oxygen atoms in total. The van der Waals surface area contributed by atoms with Crippen LogP contribution in [0.25, 0.3) is 0 Å². The maximum absolute atomic E-state index is 12.4. The number of alkyl halides is 3. The third-order valence-corrected chi connectivity index (χ3v) is 3.13. The van der Waals surface area contributed by atoms with Crippen molar-refractivity contribution in [1.29, 1.82) is 5.26 Å². The van der Waals surface area contributed by atoms with Gasteiger partial charge >= 0.3 is 6.18 Å². The summed E-state index contributed by atoms with van der Waals surface area (Å²) in [6, 6.07) is 1.88. The van der Waals surface area contributed by atoms with Crippen molar-refractivity contribution in [2.45, 2.75) is 32.4 Å². The molecule has 1 fully saturated rings. The van der Waals surface area contributed by atoms with Crippen molar-refractivity contribution < 1.29 is 18.0 Å². The molecule has 0 radical (unpaired) electrons. The zero-order valence-electron chi connectivity index (χ0n) is 9.63. The molecule has 0 N–H and O–H groups in total. The Morgan fingerprint density at radius 3 is 2.35 bits per heavy atom. The van der Waals surface area contributed by atoms with Crippen LogP contribution in [0.3, 0.4) is 0 Å². The minimum atomic E-state index is -4.17. The second-order valence-corrected chi connectivity index (χ2v) is 4.23. The molecule has 1 aliphatic rings. The van der Waals surface area contributed by atoms with Crippen LogP contribution in [0.15, 0.2) is 0 Å². The third kappa shape index (κ3) is 3.35. The van der Waals surface area contributed by atoms with Crippen LogP contribution in [0.4, 0.5) is 13.2 Å². The largest absolute Gasteiger partial charge is 0.391 e.